The third-order valence-electron chi connectivity index (χ3n) is 5.89. The summed E-state index contributed by atoms with van der Waals surface area (Å²) in [6, 6.07) is 13.8. The lowest BCUT2D eigenvalue weighted by molar-refractivity contribution is -0.145. The SMILES string of the molecule is COC(=O)[C@@H]1CCCN1CCOc1cc2ncnc(N[C@H](C)c3ccccc3)c2cc1N. The lowest BCUT2D eigenvalue weighted by atomic mass is 10.1. The monoisotopic (exact) mass is 435 g/mol. The number of likely N-dealkylation sites (tertiary alicyclic amines) is 1. The van der Waals surface area contributed by atoms with Crippen LogP contribution < -0.4 is 15.8 Å². The zero-order valence-corrected chi connectivity index (χ0v) is 18.5. The van der Waals surface area contributed by atoms with E-state index in [0.29, 0.717) is 24.6 Å². The molecule has 1 aliphatic rings. The van der Waals surface area contributed by atoms with Gasteiger partial charge in [-0.25, -0.2) is 9.97 Å². The first-order chi connectivity index (χ1) is 15.6. The van der Waals surface area contributed by atoms with E-state index in [1.54, 1.807) is 0 Å². The van der Waals surface area contributed by atoms with Gasteiger partial charge in [-0.3, -0.25) is 9.69 Å². The zero-order chi connectivity index (χ0) is 22.5. The molecule has 0 radical (unpaired) electrons. The first kappa shape index (κ1) is 21.8. The maximum Gasteiger partial charge on any atom is 0.323 e. The highest BCUT2D eigenvalue weighted by Gasteiger charge is 2.31. The first-order valence-corrected chi connectivity index (χ1v) is 10.9. The predicted molar refractivity (Wildman–Crippen MR) is 125 cm³/mol. The Morgan fingerprint density at radius 1 is 1.28 bits per heavy atom. The van der Waals surface area contributed by atoms with E-state index in [1.165, 1.54) is 19.0 Å². The fourth-order valence-electron chi connectivity index (χ4n) is 4.14. The molecule has 1 saturated heterocycles. The maximum absolute atomic E-state index is 11.9. The summed E-state index contributed by atoms with van der Waals surface area (Å²) >= 11 is 0. The second kappa shape index (κ2) is 9.82. The summed E-state index contributed by atoms with van der Waals surface area (Å²) in [7, 11) is 1.43. The molecule has 2 atom stereocenters. The molecule has 1 fully saturated rings. The Kier molecular flexibility index (Phi) is 6.70. The predicted octanol–water partition coefficient (Wildman–Crippen LogP) is 3.40. The van der Waals surface area contributed by atoms with Crippen LogP contribution in [0.25, 0.3) is 10.9 Å². The molecule has 168 valence electrons. The van der Waals surface area contributed by atoms with Gasteiger partial charge in [0.05, 0.1) is 18.3 Å². The summed E-state index contributed by atoms with van der Waals surface area (Å²) in [5.74, 6) is 1.11. The van der Waals surface area contributed by atoms with Gasteiger partial charge in [0.2, 0.25) is 0 Å². The fourth-order valence-corrected chi connectivity index (χ4v) is 4.14. The average molecular weight is 436 g/mol. The van der Waals surface area contributed by atoms with Crippen molar-refractivity contribution in [3.63, 3.8) is 0 Å². The minimum Gasteiger partial charge on any atom is -0.490 e. The Morgan fingerprint density at radius 2 is 2.09 bits per heavy atom. The highest BCUT2D eigenvalue weighted by molar-refractivity contribution is 5.93. The summed E-state index contributed by atoms with van der Waals surface area (Å²) in [5.41, 5.74) is 8.73. The molecule has 32 heavy (non-hydrogen) atoms. The van der Waals surface area contributed by atoms with Crippen LogP contribution in [0.1, 0.15) is 31.4 Å². The van der Waals surface area contributed by atoms with Crippen LogP contribution >= 0.6 is 0 Å². The molecule has 8 nitrogen and oxygen atoms in total. The zero-order valence-electron chi connectivity index (χ0n) is 18.5. The van der Waals surface area contributed by atoms with Crippen molar-refractivity contribution in [3.05, 3.63) is 54.4 Å². The van der Waals surface area contributed by atoms with E-state index in [0.717, 1.165) is 36.1 Å². The summed E-state index contributed by atoms with van der Waals surface area (Å²) in [4.78, 5) is 22.8. The number of fused-ring (bicyclic) bond motifs is 1. The van der Waals surface area contributed by atoms with Crippen molar-refractivity contribution in [1.82, 2.24) is 14.9 Å². The molecular formula is C24H29N5O3. The molecule has 2 heterocycles. The molecule has 4 rings (SSSR count). The number of ether oxygens (including phenoxy) is 2. The third-order valence-corrected chi connectivity index (χ3v) is 5.89. The van der Waals surface area contributed by atoms with Crippen LogP contribution in [0.15, 0.2) is 48.8 Å². The molecule has 0 amide bonds. The number of esters is 1. The number of nitrogens with two attached hydrogens (primary N) is 1. The van der Waals surface area contributed by atoms with Crippen LogP contribution in [-0.4, -0.2) is 53.7 Å². The molecule has 0 bridgehead atoms. The van der Waals surface area contributed by atoms with E-state index >= 15 is 0 Å². The van der Waals surface area contributed by atoms with Crippen molar-refractivity contribution >= 4 is 28.4 Å². The van der Waals surface area contributed by atoms with Gasteiger partial charge in [0, 0.05) is 24.0 Å². The summed E-state index contributed by atoms with van der Waals surface area (Å²) in [6.45, 7) is 4.00. The van der Waals surface area contributed by atoms with Gasteiger partial charge in [0.1, 0.15) is 30.5 Å². The number of hydrogen-bond acceptors (Lipinski definition) is 8. The number of nitrogen functional groups attached to an aromatic ring is 1. The second-order valence-electron chi connectivity index (χ2n) is 7.97. The molecule has 1 aromatic heterocycles. The van der Waals surface area contributed by atoms with E-state index in [2.05, 4.69) is 39.2 Å². The number of anilines is 2. The Labute approximate surface area is 187 Å². The number of rotatable bonds is 8. The van der Waals surface area contributed by atoms with Gasteiger partial charge in [0.15, 0.2) is 0 Å². The third kappa shape index (κ3) is 4.75. The summed E-state index contributed by atoms with van der Waals surface area (Å²) in [6.07, 6.45) is 3.33. The Morgan fingerprint density at radius 3 is 2.88 bits per heavy atom. The van der Waals surface area contributed by atoms with E-state index in [-0.39, 0.29) is 18.1 Å². The smallest absolute Gasteiger partial charge is 0.323 e. The van der Waals surface area contributed by atoms with Gasteiger partial charge >= 0.3 is 5.97 Å². The highest BCUT2D eigenvalue weighted by Crippen LogP contribution is 2.31. The number of hydrogen-bond donors (Lipinski definition) is 2. The van der Waals surface area contributed by atoms with Crippen molar-refractivity contribution in [2.24, 2.45) is 0 Å². The molecule has 2 aromatic carbocycles. The van der Waals surface area contributed by atoms with Crippen molar-refractivity contribution < 1.29 is 14.3 Å². The standard InChI is InChI=1S/C24H29N5O3/c1-16(17-7-4-3-5-8-17)28-23-18-13-19(25)22(14-20(18)26-15-27-23)32-12-11-29-10-6-9-21(29)24(30)31-2/h3-5,7-8,13-16,21H,6,9-12,25H2,1-2H3,(H,26,27,28)/t16-,21+/m1/s1. The van der Waals surface area contributed by atoms with Gasteiger partial charge < -0.3 is 20.5 Å². The molecule has 0 saturated carbocycles. The van der Waals surface area contributed by atoms with Crippen LogP contribution in [0.3, 0.4) is 0 Å². The summed E-state index contributed by atoms with van der Waals surface area (Å²) in [5, 5.41) is 4.29. The van der Waals surface area contributed by atoms with Crippen molar-refractivity contribution in [2.75, 3.05) is 37.9 Å². The largest absolute Gasteiger partial charge is 0.490 e. The van der Waals surface area contributed by atoms with E-state index in [4.69, 9.17) is 15.2 Å². The molecule has 1 aliphatic heterocycles. The fraction of sp³-hybridized carbons (Fsp3) is 0.375. The van der Waals surface area contributed by atoms with Crippen LogP contribution in [0.2, 0.25) is 0 Å². The van der Waals surface area contributed by atoms with Gasteiger partial charge in [-0.2, -0.15) is 0 Å². The molecule has 0 aliphatic carbocycles. The Bertz CT molecular complexity index is 1080. The van der Waals surface area contributed by atoms with E-state index < -0.39 is 0 Å². The van der Waals surface area contributed by atoms with Gasteiger partial charge in [-0.05, 0) is 37.9 Å². The lowest BCUT2D eigenvalue weighted by Gasteiger charge is -2.22. The van der Waals surface area contributed by atoms with Crippen LogP contribution in [-0.2, 0) is 9.53 Å². The van der Waals surface area contributed by atoms with Crippen LogP contribution in [0.4, 0.5) is 11.5 Å². The quantitative estimate of drug-likeness (QED) is 0.410. The number of aromatic nitrogens is 2. The maximum atomic E-state index is 11.9. The molecule has 8 heteroatoms. The second-order valence-corrected chi connectivity index (χ2v) is 7.97. The normalized spacial score (nSPS) is 17.2. The number of nitrogens with zero attached hydrogens (tertiary/aromatic N) is 3. The van der Waals surface area contributed by atoms with Gasteiger partial charge in [-0.1, -0.05) is 30.3 Å². The number of carbonyl (C=O) groups is 1. The molecule has 3 N–H and O–H groups in total. The molecule has 0 spiro atoms. The van der Waals surface area contributed by atoms with Crippen LogP contribution in [0.5, 0.6) is 5.75 Å². The molecule has 0 unspecified atom stereocenters. The highest BCUT2D eigenvalue weighted by atomic mass is 16.5. The first-order valence-electron chi connectivity index (χ1n) is 10.9. The number of benzene rings is 2. The molecule has 3 aromatic rings. The number of nitrogens with one attached hydrogen (secondary N) is 1. The number of carbonyl (C=O) groups excluding carboxylic acids is 1. The minimum atomic E-state index is -0.189. The topological polar surface area (TPSA) is 103 Å². The Hall–Kier alpha value is -3.39. The lowest BCUT2D eigenvalue weighted by Crippen LogP contribution is -2.39. The molecular weight excluding hydrogens is 406 g/mol. The van der Waals surface area contributed by atoms with Gasteiger partial charge in [0.25, 0.3) is 0 Å². The Balaban J connectivity index is 1.45. The van der Waals surface area contributed by atoms with Crippen molar-refractivity contribution in [3.8, 4) is 5.75 Å². The van der Waals surface area contributed by atoms with Crippen molar-refractivity contribution in [2.45, 2.75) is 31.8 Å². The van der Waals surface area contributed by atoms with Gasteiger partial charge in [-0.15, -0.1) is 0 Å². The summed E-state index contributed by atoms with van der Waals surface area (Å²) < 4.78 is 10.9. The van der Waals surface area contributed by atoms with E-state index in [1.807, 2.05) is 30.3 Å². The van der Waals surface area contributed by atoms with Crippen molar-refractivity contribution in [1.29, 1.82) is 0 Å². The minimum absolute atomic E-state index is 0.0784. The average Bonchev–Trinajstić information content (AvgIpc) is 3.28. The van der Waals surface area contributed by atoms with Crippen LogP contribution in [0, 0.1) is 0 Å². The van der Waals surface area contributed by atoms with E-state index in [9.17, 15) is 4.79 Å². The number of methoxy groups -OCH3 is 1.